The summed E-state index contributed by atoms with van der Waals surface area (Å²) in [5, 5.41) is 17.2. The van der Waals surface area contributed by atoms with E-state index in [-0.39, 0.29) is 40.7 Å². The number of hydrogen-bond acceptors (Lipinski definition) is 4. The van der Waals surface area contributed by atoms with Gasteiger partial charge >= 0.3 is 41.5 Å². The maximum absolute atomic E-state index is 11.0. The van der Waals surface area contributed by atoms with Crippen molar-refractivity contribution in [3.05, 3.63) is 29.3 Å². The van der Waals surface area contributed by atoms with Crippen molar-refractivity contribution >= 4 is 51.6 Å². The maximum atomic E-state index is 11.0. The van der Waals surface area contributed by atoms with Crippen LogP contribution in [0.4, 0.5) is 0 Å². The third-order valence-electron chi connectivity index (χ3n) is 2.03. The second kappa shape index (κ2) is 7.01. The predicted molar refractivity (Wildman–Crippen MR) is 66.1 cm³/mol. The molecule has 0 saturated heterocycles. The van der Waals surface area contributed by atoms with Crippen LogP contribution in [0.2, 0.25) is 0 Å². The van der Waals surface area contributed by atoms with Gasteiger partial charge in [0.15, 0.2) is 0 Å². The van der Waals surface area contributed by atoms with E-state index < -0.39 is 39.8 Å². The first kappa shape index (κ1) is 18.1. The van der Waals surface area contributed by atoms with Crippen molar-refractivity contribution in [3.8, 4) is 0 Å². The zero-order chi connectivity index (χ0) is 13.9. The summed E-state index contributed by atoms with van der Waals surface area (Å²) in [6.07, 6.45) is -0.925. The molecular weight excluding hydrogens is 287 g/mol. The number of carboxylic acids is 2. The fourth-order valence-corrected chi connectivity index (χ4v) is 2.03. The summed E-state index contributed by atoms with van der Waals surface area (Å²) < 4.78 is 30.8. The molecule has 0 unspecified atom stereocenters. The van der Waals surface area contributed by atoms with Crippen molar-refractivity contribution in [2.24, 2.45) is 0 Å². The molecule has 7 nitrogen and oxygen atoms in total. The van der Waals surface area contributed by atoms with Crippen LogP contribution in [-0.2, 0) is 32.5 Å². The van der Waals surface area contributed by atoms with Crippen molar-refractivity contribution in [1.29, 1.82) is 0 Å². The van der Waals surface area contributed by atoms with Crippen LogP contribution in [0.3, 0.4) is 0 Å². The molecule has 0 aromatic heterocycles. The summed E-state index contributed by atoms with van der Waals surface area (Å²) in [5.41, 5.74) is 0.211. The van der Waals surface area contributed by atoms with Gasteiger partial charge in [-0.15, -0.1) is 0 Å². The van der Waals surface area contributed by atoms with Crippen molar-refractivity contribution in [2.75, 3.05) is 0 Å². The van der Waals surface area contributed by atoms with Crippen LogP contribution < -0.4 is 0 Å². The number of carbonyl (C=O) groups is 2. The first-order valence-electron chi connectivity index (χ1n) is 4.72. The fraction of sp³-hybridized carbons (Fsp3) is 0.200. The van der Waals surface area contributed by atoms with Crippen LogP contribution in [0.5, 0.6) is 0 Å². The van der Waals surface area contributed by atoms with Gasteiger partial charge in [0.1, 0.15) is 0 Å². The molecule has 1 aromatic carbocycles. The van der Waals surface area contributed by atoms with Crippen molar-refractivity contribution < 1.29 is 32.8 Å². The molecule has 0 spiro atoms. The van der Waals surface area contributed by atoms with Gasteiger partial charge in [0.2, 0.25) is 0 Å². The zero-order valence-electron chi connectivity index (χ0n) is 9.03. The van der Waals surface area contributed by atoms with E-state index in [1.807, 2.05) is 0 Å². The molecule has 0 aliphatic heterocycles. The molecule has 0 amide bonds. The van der Waals surface area contributed by atoms with Gasteiger partial charge in [0.05, 0.1) is 17.7 Å². The molecule has 1 aromatic rings. The summed E-state index contributed by atoms with van der Waals surface area (Å²) in [5.74, 6) is -2.38. The quantitative estimate of drug-likeness (QED) is 0.495. The van der Waals surface area contributed by atoms with E-state index in [9.17, 15) is 18.0 Å². The molecule has 0 aliphatic carbocycles. The van der Waals surface area contributed by atoms with E-state index in [4.69, 9.17) is 14.8 Å². The summed E-state index contributed by atoms with van der Waals surface area (Å²) in [6.45, 7) is 0. The Balaban J connectivity index is 0.00000324. The Morgan fingerprint density at radius 2 is 1.32 bits per heavy atom. The monoisotopic (exact) mass is 298 g/mol. The molecule has 0 radical (unpaired) electrons. The van der Waals surface area contributed by atoms with Gasteiger partial charge in [-0.25, -0.2) is 0 Å². The molecular formula is C10H11NaO7S. The van der Waals surface area contributed by atoms with Gasteiger partial charge in [-0.05, 0) is 23.3 Å². The average molecular weight is 298 g/mol. The zero-order valence-corrected chi connectivity index (χ0v) is 9.85. The molecule has 0 bridgehead atoms. The normalized spacial score (nSPS) is 10.6. The molecule has 19 heavy (non-hydrogen) atoms. The Labute approximate surface area is 131 Å². The standard InChI is InChI=1S/C10H10O7S.Na.H/c11-9(12)4-6-1-7(5-10(13)14)3-8(2-6)18(15,16)17;;/h1-3H,4-5H2,(H,11,12)(H,13,14)(H,15,16,17);;. The minimum atomic E-state index is -4.51. The fourth-order valence-electron chi connectivity index (χ4n) is 1.43. The summed E-state index contributed by atoms with van der Waals surface area (Å²) >= 11 is 0. The van der Waals surface area contributed by atoms with Crippen LogP contribution >= 0.6 is 0 Å². The van der Waals surface area contributed by atoms with Gasteiger partial charge in [-0.1, -0.05) is 6.07 Å². The van der Waals surface area contributed by atoms with Crippen LogP contribution in [0.1, 0.15) is 11.1 Å². The van der Waals surface area contributed by atoms with Crippen molar-refractivity contribution in [1.82, 2.24) is 0 Å². The van der Waals surface area contributed by atoms with Crippen LogP contribution in [0.15, 0.2) is 23.1 Å². The molecule has 3 N–H and O–H groups in total. The number of hydrogen-bond donors (Lipinski definition) is 3. The molecule has 1 rings (SSSR count). The number of aliphatic carboxylic acids is 2. The van der Waals surface area contributed by atoms with Gasteiger partial charge in [0, 0.05) is 0 Å². The van der Waals surface area contributed by atoms with E-state index in [2.05, 4.69) is 0 Å². The second-order valence-electron chi connectivity index (χ2n) is 3.60. The van der Waals surface area contributed by atoms with Crippen molar-refractivity contribution in [3.63, 3.8) is 0 Å². The van der Waals surface area contributed by atoms with Crippen molar-refractivity contribution in [2.45, 2.75) is 17.7 Å². The molecule has 9 heteroatoms. The average Bonchev–Trinajstić information content (AvgIpc) is 2.13. The van der Waals surface area contributed by atoms with Crippen LogP contribution in [0.25, 0.3) is 0 Å². The number of rotatable bonds is 5. The summed E-state index contributed by atoms with van der Waals surface area (Å²) in [4.78, 5) is 20.6. The molecule has 100 valence electrons. The Morgan fingerprint density at radius 3 is 1.58 bits per heavy atom. The first-order valence-corrected chi connectivity index (χ1v) is 6.16. The van der Waals surface area contributed by atoms with E-state index in [0.29, 0.717) is 0 Å². The Morgan fingerprint density at radius 1 is 0.947 bits per heavy atom. The van der Waals surface area contributed by atoms with E-state index >= 15 is 0 Å². The Kier molecular flexibility index (Phi) is 6.67. The first-order chi connectivity index (χ1) is 8.18. The van der Waals surface area contributed by atoms with E-state index in [0.717, 1.165) is 12.1 Å². The molecule has 0 saturated carbocycles. The SMILES string of the molecule is O=C(O)Cc1cc(CC(=O)O)cc(S(=O)(=O)O)c1.[NaH]. The molecule has 0 heterocycles. The Bertz CT molecular complexity index is 560. The third kappa shape index (κ3) is 6.17. The van der Waals surface area contributed by atoms with E-state index in [1.54, 1.807) is 0 Å². The third-order valence-corrected chi connectivity index (χ3v) is 2.87. The molecule has 0 atom stereocenters. The molecule has 0 fully saturated rings. The van der Waals surface area contributed by atoms with Gasteiger partial charge in [0.25, 0.3) is 10.1 Å². The number of benzene rings is 1. The van der Waals surface area contributed by atoms with Gasteiger partial charge < -0.3 is 10.2 Å². The van der Waals surface area contributed by atoms with Gasteiger partial charge in [-0.2, -0.15) is 8.42 Å². The predicted octanol–water partition coefficient (Wildman–Crippen LogP) is -0.461. The number of carboxylic acid groups (broad SMARTS) is 2. The summed E-state index contributed by atoms with van der Waals surface area (Å²) in [6, 6.07) is 3.26. The Hall–Kier alpha value is -0.930. The van der Waals surface area contributed by atoms with Crippen LogP contribution in [-0.4, -0.2) is 64.7 Å². The molecule has 0 aliphatic rings. The minimum absolute atomic E-state index is 0. The van der Waals surface area contributed by atoms with Crippen LogP contribution in [0, 0.1) is 0 Å². The van der Waals surface area contributed by atoms with E-state index in [1.165, 1.54) is 6.07 Å². The summed E-state index contributed by atoms with van der Waals surface area (Å²) in [7, 11) is -4.51. The second-order valence-corrected chi connectivity index (χ2v) is 5.02. The van der Waals surface area contributed by atoms with Gasteiger partial charge in [-0.3, -0.25) is 14.1 Å². The topological polar surface area (TPSA) is 129 Å².